The number of rotatable bonds is 8. The molecule has 1 aliphatic carbocycles. The summed E-state index contributed by atoms with van der Waals surface area (Å²) in [5.74, 6) is 1.74. The summed E-state index contributed by atoms with van der Waals surface area (Å²) in [6.07, 6.45) is 4.79. The molecule has 1 N–H and O–H groups in total. The van der Waals surface area contributed by atoms with Crippen molar-refractivity contribution in [3.63, 3.8) is 0 Å². The second-order valence-corrected chi connectivity index (χ2v) is 10.3. The molecule has 0 unspecified atom stereocenters. The van der Waals surface area contributed by atoms with E-state index in [1.54, 1.807) is 0 Å². The Balaban J connectivity index is 1.19. The number of carbonyl (C=O) groups is 1. The van der Waals surface area contributed by atoms with Crippen LogP contribution in [0, 0.1) is 6.92 Å². The number of fused-ring (bicyclic) bond motifs is 2. The molecule has 34 heavy (non-hydrogen) atoms. The number of nitrogens with zero attached hydrogens (tertiary/aromatic N) is 4. The number of aromatic nitrogens is 4. The van der Waals surface area contributed by atoms with Gasteiger partial charge < -0.3 is 14.6 Å². The standard InChI is InChI=1S/C25H27N5O2S2/c1-3-30-21(14-32-19-12-11-17-8-4-5-9-18(17)13-19)28-29-25(30)33-15-22(31)26-24-27-23-16(2)7-6-10-20(23)34-24/h6-7,10-13H,3-5,8-9,14-15H2,1-2H3,(H,26,27,31). The highest BCUT2D eigenvalue weighted by Gasteiger charge is 2.16. The normalized spacial score (nSPS) is 13.1. The van der Waals surface area contributed by atoms with Gasteiger partial charge in [-0.05, 0) is 74.4 Å². The fourth-order valence-electron chi connectivity index (χ4n) is 4.22. The largest absolute Gasteiger partial charge is 0.486 e. The molecule has 0 spiro atoms. The van der Waals surface area contributed by atoms with Gasteiger partial charge in [-0.25, -0.2) is 4.98 Å². The molecule has 2 aromatic carbocycles. The minimum Gasteiger partial charge on any atom is -0.486 e. The van der Waals surface area contributed by atoms with E-state index in [2.05, 4.69) is 32.6 Å². The highest BCUT2D eigenvalue weighted by atomic mass is 32.2. The van der Waals surface area contributed by atoms with Crippen LogP contribution < -0.4 is 10.1 Å². The molecule has 0 aliphatic heterocycles. The molecule has 0 atom stereocenters. The van der Waals surface area contributed by atoms with Gasteiger partial charge in [0.05, 0.1) is 16.0 Å². The Morgan fingerprint density at radius 2 is 2.03 bits per heavy atom. The molecule has 0 fully saturated rings. The number of anilines is 1. The predicted octanol–water partition coefficient (Wildman–Crippen LogP) is 5.40. The fraction of sp³-hybridized carbons (Fsp3) is 0.360. The third kappa shape index (κ3) is 4.95. The molecule has 5 rings (SSSR count). The van der Waals surface area contributed by atoms with E-state index in [1.807, 2.05) is 42.7 Å². The summed E-state index contributed by atoms with van der Waals surface area (Å²) in [6.45, 7) is 5.11. The lowest BCUT2D eigenvalue weighted by Crippen LogP contribution is -2.14. The second-order valence-electron chi connectivity index (χ2n) is 8.35. The van der Waals surface area contributed by atoms with Crippen LogP contribution in [0.3, 0.4) is 0 Å². The van der Waals surface area contributed by atoms with Crippen molar-refractivity contribution < 1.29 is 9.53 Å². The van der Waals surface area contributed by atoms with Crippen molar-refractivity contribution >= 4 is 44.4 Å². The van der Waals surface area contributed by atoms with Gasteiger partial charge in [0, 0.05) is 6.54 Å². The van der Waals surface area contributed by atoms with Crippen molar-refractivity contribution in [1.29, 1.82) is 0 Å². The predicted molar refractivity (Wildman–Crippen MR) is 137 cm³/mol. The van der Waals surface area contributed by atoms with Crippen LogP contribution in [0.25, 0.3) is 10.2 Å². The summed E-state index contributed by atoms with van der Waals surface area (Å²) in [5.41, 5.74) is 4.87. The molecule has 0 saturated heterocycles. The van der Waals surface area contributed by atoms with Gasteiger partial charge in [-0.3, -0.25) is 4.79 Å². The smallest absolute Gasteiger partial charge is 0.236 e. The fourth-order valence-corrected chi connectivity index (χ4v) is 6.00. The molecule has 1 aliphatic rings. The molecular formula is C25H27N5O2S2. The Bertz CT molecular complexity index is 1330. The lowest BCUT2D eigenvalue weighted by Gasteiger charge is -2.16. The minimum absolute atomic E-state index is 0.112. The van der Waals surface area contributed by atoms with Gasteiger partial charge in [-0.15, -0.1) is 10.2 Å². The van der Waals surface area contributed by atoms with Gasteiger partial charge in [0.25, 0.3) is 0 Å². The Labute approximate surface area is 207 Å². The van der Waals surface area contributed by atoms with Crippen LogP contribution in [0.2, 0.25) is 0 Å². The molecule has 1 amide bonds. The molecule has 7 nitrogen and oxygen atoms in total. The van der Waals surface area contributed by atoms with Crippen LogP contribution in [-0.2, 0) is 30.8 Å². The summed E-state index contributed by atoms with van der Waals surface area (Å²) in [7, 11) is 0. The first-order valence-corrected chi connectivity index (χ1v) is 13.4. The van der Waals surface area contributed by atoms with Gasteiger partial charge in [0.15, 0.2) is 16.1 Å². The number of amides is 1. The molecule has 9 heteroatoms. The van der Waals surface area contributed by atoms with Gasteiger partial charge >= 0.3 is 0 Å². The summed E-state index contributed by atoms with van der Waals surface area (Å²) < 4.78 is 9.10. The first kappa shape index (κ1) is 22.9. The van der Waals surface area contributed by atoms with Gasteiger partial charge in [-0.2, -0.15) is 0 Å². The molecule has 0 bridgehead atoms. The van der Waals surface area contributed by atoms with Crippen molar-refractivity contribution in [2.24, 2.45) is 0 Å². The monoisotopic (exact) mass is 493 g/mol. The Hall–Kier alpha value is -2.91. The van der Waals surface area contributed by atoms with E-state index >= 15 is 0 Å². The topological polar surface area (TPSA) is 81.9 Å². The third-order valence-corrected chi connectivity index (χ3v) is 7.90. The van der Waals surface area contributed by atoms with Crippen molar-refractivity contribution in [1.82, 2.24) is 19.7 Å². The van der Waals surface area contributed by atoms with Crippen LogP contribution in [0.4, 0.5) is 5.13 Å². The highest BCUT2D eigenvalue weighted by Crippen LogP contribution is 2.29. The zero-order chi connectivity index (χ0) is 23.5. The zero-order valence-electron chi connectivity index (χ0n) is 19.3. The number of ether oxygens (including phenoxy) is 1. The van der Waals surface area contributed by atoms with E-state index in [9.17, 15) is 4.79 Å². The first-order valence-electron chi connectivity index (χ1n) is 11.6. The van der Waals surface area contributed by atoms with Crippen LogP contribution in [-0.4, -0.2) is 31.4 Å². The summed E-state index contributed by atoms with van der Waals surface area (Å²) in [4.78, 5) is 17.1. The van der Waals surface area contributed by atoms with E-state index < -0.39 is 0 Å². The molecule has 0 radical (unpaired) electrons. The number of thiazole rings is 1. The molecule has 2 heterocycles. The average Bonchev–Trinajstić information content (AvgIpc) is 3.45. The van der Waals surface area contributed by atoms with Crippen LogP contribution in [0.15, 0.2) is 41.6 Å². The van der Waals surface area contributed by atoms with E-state index in [0.717, 1.165) is 40.2 Å². The van der Waals surface area contributed by atoms with E-state index in [1.165, 1.54) is 47.1 Å². The average molecular weight is 494 g/mol. The Morgan fingerprint density at radius 1 is 1.18 bits per heavy atom. The maximum atomic E-state index is 12.5. The number of thioether (sulfide) groups is 1. The van der Waals surface area contributed by atoms with Gasteiger partial charge in [0.1, 0.15) is 12.4 Å². The van der Waals surface area contributed by atoms with Crippen LogP contribution in [0.5, 0.6) is 5.75 Å². The lowest BCUT2D eigenvalue weighted by molar-refractivity contribution is -0.113. The van der Waals surface area contributed by atoms with Crippen LogP contribution >= 0.6 is 23.1 Å². The number of aryl methyl sites for hydroxylation is 3. The maximum absolute atomic E-state index is 12.5. The number of para-hydroxylation sites is 1. The van der Waals surface area contributed by atoms with E-state index in [4.69, 9.17) is 4.74 Å². The number of benzene rings is 2. The van der Waals surface area contributed by atoms with E-state index in [-0.39, 0.29) is 11.7 Å². The van der Waals surface area contributed by atoms with Crippen molar-refractivity contribution in [2.45, 2.75) is 57.8 Å². The minimum atomic E-state index is -0.112. The lowest BCUT2D eigenvalue weighted by atomic mass is 9.92. The molecule has 4 aromatic rings. The third-order valence-electron chi connectivity index (χ3n) is 6.00. The molecule has 0 saturated carbocycles. The number of hydrogen-bond donors (Lipinski definition) is 1. The Morgan fingerprint density at radius 3 is 2.85 bits per heavy atom. The Kier molecular flexibility index (Phi) is 6.82. The van der Waals surface area contributed by atoms with Gasteiger partial charge in [0.2, 0.25) is 5.91 Å². The molecular weight excluding hydrogens is 466 g/mol. The summed E-state index contributed by atoms with van der Waals surface area (Å²) in [5, 5.41) is 12.8. The van der Waals surface area contributed by atoms with Crippen molar-refractivity contribution in [2.75, 3.05) is 11.1 Å². The molecule has 2 aromatic heterocycles. The highest BCUT2D eigenvalue weighted by molar-refractivity contribution is 7.99. The number of carbonyl (C=O) groups excluding carboxylic acids is 1. The van der Waals surface area contributed by atoms with Crippen LogP contribution in [0.1, 0.15) is 42.3 Å². The SMILES string of the molecule is CCn1c(COc2ccc3c(c2)CCCC3)nnc1SCC(=O)Nc1nc2c(C)cccc2s1. The first-order chi connectivity index (χ1) is 16.6. The van der Waals surface area contributed by atoms with Crippen molar-refractivity contribution in [3.05, 3.63) is 58.9 Å². The zero-order valence-corrected chi connectivity index (χ0v) is 21.0. The molecule has 176 valence electrons. The number of nitrogens with one attached hydrogen (secondary N) is 1. The summed E-state index contributed by atoms with van der Waals surface area (Å²) >= 11 is 2.85. The second kappa shape index (κ2) is 10.1. The van der Waals surface area contributed by atoms with Crippen molar-refractivity contribution in [3.8, 4) is 5.75 Å². The number of hydrogen-bond acceptors (Lipinski definition) is 7. The maximum Gasteiger partial charge on any atom is 0.236 e. The van der Waals surface area contributed by atoms with Gasteiger partial charge in [-0.1, -0.05) is 41.3 Å². The van der Waals surface area contributed by atoms with E-state index in [0.29, 0.717) is 23.4 Å². The summed E-state index contributed by atoms with van der Waals surface area (Å²) in [6, 6.07) is 12.4. The quantitative estimate of drug-likeness (QED) is 0.331.